The number of rotatable bonds is 11. The fraction of sp³-hybridized carbons (Fsp3) is 0.375. The van der Waals surface area contributed by atoms with Crippen molar-refractivity contribution in [2.24, 2.45) is 4.99 Å². The highest BCUT2D eigenvalue weighted by molar-refractivity contribution is 7.89. The summed E-state index contributed by atoms with van der Waals surface area (Å²) in [5.41, 5.74) is -0.153. The van der Waals surface area contributed by atoms with Gasteiger partial charge >= 0.3 is 12.1 Å². The molecule has 0 radical (unpaired) electrons. The van der Waals surface area contributed by atoms with Crippen LogP contribution < -0.4 is 20.1 Å². The van der Waals surface area contributed by atoms with Crippen molar-refractivity contribution in [3.05, 3.63) is 59.7 Å². The van der Waals surface area contributed by atoms with Crippen molar-refractivity contribution in [1.29, 1.82) is 0 Å². The van der Waals surface area contributed by atoms with Crippen LogP contribution in [0.25, 0.3) is 0 Å². The summed E-state index contributed by atoms with van der Waals surface area (Å²) in [7, 11) is -4.39. The van der Waals surface area contributed by atoms with E-state index in [0.29, 0.717) is 36.8 Å². The highest BCUT2D eigenvalue weighted by atomic mass is 32.2. The first kappa shape index (κ1) is 28.9. The predicted octanol–water partition coefficient (Wildman–Crippen LogP) is 2.30. The number of hydrogen-bond acceptors (Lipinski definition) is 7. The number of carboxylic acid groups (broad SMARTS) is 1. The molecule has 0 spiro atoms. The van der Waals surface area contributed by atoms with Crippen molar-refractivity contribution in [3.8, 4) is 5.75 Å². The number of guanidine groups is 1. The third-order valence-corrected chi connectivity index (χ3v) is 6.97. The van der Waals surface area contributed by atoms with Gasteiger partial charge in [0.05, 0.1) is 17.1 Å². The second kappa shape index (κ2) is 12.7. The van der Waals surface area contributed by atoms with E-state index in [4.69, 9.17) is 4.74 Å². The summed E-state index contributed by atoms with van der Waals surface area (Å²) < 4.78 is 70.5. The maximum Gasteiger partial charge on any atom is 0.416 e. The zero-order valence-corrected chi connectivity index (χ0v) is 20.9. The van der Waals surface area contributed by atoms with Crippen LogP contribution in [0.15, 0.2) is 58.4 Å². The minimum absolute atomic E-state index is 0.149. The number of nitrogens with zero attached hydrogens (tertiary/aromatic N) is 1. The summed E-state index contributed by atoms with van der Waals surface area (Å²) in [5, 5.41) is 15.1. The number of sulfonamides is 1. The quantitative estimate of drug-likeness (QED) is 0.332. The van der Waals surface area contributed by atoms with Crippen molar-refractivity contribution in [3.63, 3.8) is 0 Å². The van der Waals surface area contributed by atoms with Gasteiger partial charge in [0.15, 0.2) is 5.96 Å². The number of amides is 1. The molecule has 2 aromatic carbocycles. The molecule has 0 saturated heterocycles. The van der Waals surface area contributed by atoms with Gasteiger partial charge in [0.25, 0.3) is 0 Å². The van der Waals surface area contributed by atoms with E-state index in [2.05, 4.69) is 15.6 Å². The van der Waals surface area contributed by atoms with E-state index in [-0.39, 0.29) is 25.4 Å². The molecule has 1 atom stereocenters. The Labute approximate surface area is 217 Å². The van der Waals surface area contributed by atoms with Gasteiger partial charge in [-0.15, -0.1) is 0 Å². The van der Waals surface area contributed by atoms with Crippen LogP contribution >= 0.6 is 0 Å². The zero-order valence-electron chi connectivity index (χ0n) is 20.1. The highest BCUT2D eigenvalue weighted by Crippen LogP contribution is 2.29. The first-order valence-corrected chi connectivity index (χ1v) is 13.1. The van der Waals surface area contributed by atoms with Gasteiger partial charge in [-0.25, -0.2) is 8.42 Å². The third-order valence-electron chi connectivity index (χ3n) is 5.48. The number of alkyl halides is 3. The van der Waals surface area contributed by atoms with Crippen LogP contribution in [0.5, 0.6) is 5.75 Å². The SMILES string of the molecule is O=C(CCc1ccc(OCCC(NS(=O)(=O)c2ccc(C(F)(F)F)cc2)C(=O)O)cc1)NC1=NCCCN1. The number of carbonyl (C=O) groups is 2. The molecule has 1 aliphatic heterocycles. The Kier molecular flexibility index (Phi) is 9.69. The Morgan fingerprint density at radius 1 is 1.11 bits per heavy atom. The van der Waals surface area contributed by atoms with Gasteiger partial charge in [-0.3, -0.25) is 19.9 Å². The van der Waals surface area contributed by atoms with Gasteiger partial charge < -0.3 is 15.2 Å². The normalized spacial score (nSPS) is 14.7. The number of hydrogen-bond donors (Lipinski definition) is 4. The highest BCUT2D eigenvalue weighted by Gasteiger charge is 2.31. The summed E-state index contributed by atoms with van der Waals surface area (Å²) in [6.07, 6.45) is -3.23. The van der Waals surface area contributed by atoms with E-state index < -0.39 is 38.7 Å². The molecule has 3 rings (SSSR count). The third kappa shape index (κ3) is 8.73. The van der Waals surface area contributed by atoms with Crippen molar-refractivity contribution in [2.75, 3.05) is 19.7 Å². The van der Waals surface area contributed by atoms with Gasteiger partial charge in [0, 0.05) is 25.9 Å². The monoisotopic (exact) mass is 556 g/mol. The molecule has 2 aromatic rings. The van der Waals surface area contributed by atoms with Crippen LogP contribution in [0.2, 0.25) is 0 Å². The van der Waals surface area contributed by atoms with E-state index >= 15 is 0 Å². The summed E-state index contributed by atoms with van der Waals surface area (Å²) in [6, 6.07) is 7.94. The van der Waals surface area contributed by atoms with Crippen molar-refractivity contribution in [1.82, 2.24) is 15.4 Å². The molecule has 10 nitrogen and oxygen atoms in total. The lowest BCUT2D eigenvalue weighted by atomic mass is 10.1. The Balaban J connectivity index is 1.47. The number of aliphatic imine (C=N–C) groups is 1. The number of nitrogens with one attached hydrogen (secondary N) is 3. The van der Waals surface area contributed by atoms with Gasteiger partial charge in [-0.2, -0.15) is 17.9 Å². The van der Waals surface area contributed by atoms with E-state index in [1.54, 1.807) is 24.3 Å². The van der Waals surface area contributed by atoms with Crippen molar-refractivity contribution < 1.29 is 41.0 Å². The average molecular weight is 557 g/mol. The lowest BCUT2D eigenvalue weighted by Gasteiger charge is -2.16. The zero-order chi connectivity index (χ0) is 27.8. The molecule has 0 bridgehead atoms. The number of halogens is 3. The largest absolute Gasteiger partial charge is 0.494 e. The lowest BCUT2D eigenvalue weighted by molar-refractivity contribution is -0.139. The molecule has 0 aromatic heterocycles. The van der Waals surface area contributed by atoms with Gasteiger partial charge in [-0.1, -0.05) is 12.1 Å². The molecule has 14 heteroatoms. The molecule has 206 valence electrons. The summed E-state index contributed by atoms with van der Waals surface area (Å²) in [4.78, 5) is 27.3. The van der Waals surface area contributed by atoms with Crippen LogP contribution in [0.4, 0.5) is 13.2 Å². The molecule has 1 unspecified atom stereocenters. The molecule has 0 saturated carbocycles. The molecule has 1 amide bonds. The molecule has 38 heavy (non-hydrogen) atoms. The first-order chi connectivity index (χ1) is 17.9. The Morgan fingerprint density at radius 2 is 1.79 bits per heavy atom. The maximum atomic E-state index is 12.7. The molecule has 1 heterocycles. The van der Waals surface area contributed by atoms with E-state index in [1.165, 1.54) is 0 Å². The fourth-order valence-corrected chi connectivity index (χ4v) is 4.65. The van der Waals surface area contributed by atoms with Gasteiger partial charge in [0.2, 0.25) is 15.9 Å². The molecule has 1 aliphatic rings. The molecular formula is C24H27F3N4O6S. The maximum absolute atomic E-state index is 12.7. The fourth-order valence-electron chi connectivity index (χ4n) is 3.43. The molecule has 0 fully saturated rings. The van der Waals surface area contributed by atoms with Crippen molar-refractivity contribution >= 4 is 27.9 Å². The van der Waals surface area contributed by atoms with Crippen LogP contribution in [-0.4, -0.2) is 57.1 Å². The van der Waals surface area contributed by atoms with Gasteiger partial charge in [0.1, 0.15) is 11.8 Å². The lowest BCUT2D eigenvalue weighted by Crippen LogP contribution is -2.43. The Bertz CT molecular complexity index is 1250. The minimum Gasteiger partial charge on any atom is -0.494 e. The van der Waals surface area contributed by atoms with E-state index in [9.17, 15) is 36.3 Å². The topological polar surface area (TPSA) is 146 Å². The second-order valence-electron chi connectivity index (χ2n) is 8.37. The predicted molar refractivity (Wildman–Crippen MR) is 131 cm³/mol. The number of carbonyl (C=O) groups excluding carboxylic acids is 1. The number of benzene rings is 2. The number of ether oxygens (including phenoxy) is 1. The number of aliphatic carboxylic acids is 1. The van der Waals surface area contributed by atoms with Crippen LogP contribution in [-0.2, 0) is 32.2 Å². The summed E-state index contributed by atoms with van der Waals surface area (Å²) in [5.74, 6) is -0.746. The van der Waals surface area contributed by atoms with Crippen LogP contribution in [0, 0.1) is 0 Å². The van der Waals surface area contributed by atoms with Gasteiger partial charge in [-0.05, 0) is 54.8 Å². The van der Waals surface area contributed by atoms with Crippen molar-refractivity contribution in [2.45, 2.75) is 42.8 Å². The van der Waals surface area contributed by atoms with E-state index in [1.807, 2.05) is 4.72 Å². The Hall–Kier alpha value is -3.65. The standard InChI is InChI=1S/C24H27F3N4O6S/c25-24(26,27)17-5-9-19(10-6-17)38(35,36)31-20(22(33)34)12-15-37-18-7-2-16(3-8-18)4-11-21(32)30-23-28-13-1-14-29-23/h2-3,5-10,20,31H,1,4,11-15H2,(H,33,34)(H2,28,29,30,32). The number of carboxylic acids is 1. The molecule has 0 aliphatic carbocycles. The number of aryl methyl sites for hydroxylation is 1. The first-order valence-electron chi connectivity index (χ1n) is 11.7. The average Bonchev–Trinajstić information content (AvgIpc) is 2.87. The van der Waals surface area contributed by atoms with E-state index in [0.717, 1.165) is 30.7 Å². The smallest absolute Gasteiger partial charge is 0.416 e. The molecular weight excluding hydrogens is 529 g/mol. The molecule has 4 N–H and O–H groups in total. The van der Waals surface area contributed by atoms with Crippen LogP contribution in [0.1, 0.15) is 30.4 Å². The minimum atomic E-state index is -4.63. The summed E-state index contributed by atoms with van der Waals surface area (Å²) >= 11 is 0. The Morgan fingerprint density at radius 3 is 2.37 bits per heavy atom. The second-order valence-corrected chi connectivity index (χ2v) is 10.1. The van der Waals surface area contributed by atoms with Crippen LogP contribution in [0.3, 0.4) is 0 Å². The summed E-state index contributed by atoms with van der Waals surface area (Å²) in [6.45, 7) is 1.28.